The molecule has 0 spiro atoms. The van der Waals surface area contributed by atoms with Crippen LogP contribution >= 0.6 is 0 Å². The molecular weight excluding hydrogens is 226 g/mol. The number of rotatable bonds is 4. The molecule has 0 fully saturated rings. The summed E-state index contributed by atoms with van der Waals surface area (Å²) < 4.78 is 7.33. The van der Waals surface area contributed by atoms with Crippen LogP contribution in [0.5, 0.6) is 5.75 Å². The second-order valence-electron chi connectivity index (χ2n) is 4.30. The zero-order chi connectivity index (χ0) is 13.1. The van der Waals surface area contributed by atoms with Gasteiger partial charge in [-0.3, -0.25) is 4.68 Å². The Morgan fingerprint density at radius 3 is 2.61 bits per heavy atom. The van der Waals surface area contributed by atoms with Crippen LogP contribution in [0.2, 0.25) is 0 Å². The number of aromatic nitrogens is 2. The van der Waals surface area contributed by atoms with Crippen LogP contribution < -0.4 is 10.1 Å². The Bertz CT molecular complexity index is 534. The molecule has 1 aromatic heterocycles. The Morgan fingerprint density at radius 2 is 2.06 bits per heavy atom. The zero-order valence-electron chi connectivity index (χ0n) is 11.3. The van der Waals surface area contributed by atoms with E-state index in [4.69, 9.17) is 4.74 Å². The van der Waals surface area contributed by atoms with Gasteiger partial charge in [0.2, 0.25) is 0 Å². The standard InChI is InChI=1S/C14H19N3O/c1-10-9-12(17(3)16-10)14(15-2)11-7-5-6-8-13(11)18-4/h5-9,14-15H,1-4H3. The molecule has 0 aliphatic heterocycles. The molecule has 18 heavy (non-hydrogen) atoms. The van der Waals surface area contributed by atoms with Gasteiger partial charge in [0.25, 0.3) is 0 Å². The van der Waals surface area contributed by atoms with Crippen LogP contribution in [0.4, 0.5) is 0 Å². The van der Waals surface area contributed by atoms with E-state index in [-0.39, 0.29) is 6.04 Å². The number of methoxy groups -OCH3 is 1. The Hall–Kier alpha value is -1.81. The average molecular weight is 245 g/mol. The van der Waals surface area contributed by atoms with Gasteiger partial charge < -0.3 is 10.1 Å². The molecule has 0 bridgehead atoms. The molecule has 96 valence electrons. The second-order valence-corrected chi connectivity index (χ2v) is 4.30. The smallest absolute Gasteiger partial charge is 0.124 e. The fourth-order valence-electron chi connectivity index (χ4n) is 2.27. The third-order valence-corrected chi connectivity index (χ3v) is 3.07. The highest BCUT2D eigenvalue weighted by atomic mass is 16.5. The van der Waals surface area contributed by atoms with Gasteiger partial charge in [0.05, 0.1) is 24.5 Å². The van der Waals surface area contributed by atoms with Crippen LogP contribution in [0.15, 0.2) is 30.3 Å². The van der Waals surface area contributed by atoms with Crippen LogP contribution in [0.1, 0.15) is 23.0 Å². The summed E-state index contributed by atoms with van der Waals surface area (Å²) in [7, 11) is 5.60. The van der Waals surface area contributed by atoms with E-state index in [2.05, 4.69) is 22.5 Å². The first-order valence-corrected chi connectivity index (χ1v) is 5.98. The highest BCUT2D eigenvalue weighted by molar-refractivity contribution is 5.40. The maximum atomic E-state index is 5.43. The first kappa shape index (κ1) is 12.6. The summed E-state index contributed by atoms with van der Waals surface area (Å²) in [5, 5.41) is 7.72. The Morgan fingerprint density at radius 1 is 1.33 bits per heavy atom. The predicted octanol–water partition coefficient (Wildman–Crippen LogP) is 2.05. The number of para-hydroxylation sites is 1. The van der Waals surface area contributed by atoms with E-state index in [1.54, 1.807) is 7.11 Å². The molecular formula is C14H19N3O. The highest BCUT2D eigenvalue weighted by Gasteiger charge is 2.19. The SMILES string of the molecule is CNC(c1ccccc1OC)c1cc(C)nn1C. The molecule has 0 saturated heterocycles. The summed E-state index contributed by atoms with van der Waals surface area (Å²) in [4.78, 5) is 0. The summed E-state index contributed by atoms with van der Waals surface area (Å²) in [5.41, 5.74) is 3.26. The van der Waals surface area contributed by atoms with Gasteiger partial charge in [-0.1, -0.05) is 18.2 Å². The van der Waals surface area contributed by atoms with E-state index < -0.39 is 0 Å². The van der Waals surface area contributed by atoms with E-state index in [9.17, 15) is 0 Å². The number of hydrogen-bond donors (Lipinski definition) is 1. The minimum atomic E-state index is 0.0762. The second kappa shape index (κ2) is 5.23. The third-order valence-electron chi connectivity index (χ3n) is 3.07. The molecule has 0 amide bonds. The van der Waals surface area contributed by atoms with Gasteiger partial charge >= 0.3 is 0 Å². The van der Waals surface area contributed by atoms with Crippen LogP contribution in [0.25, 0.3) is 0 Å². The molecule has 1 unspecified atom stereocenters. The molecule has 1 heterocycles. The fraction of sp³-hybridized carbons (Fsp3) is 0.357. The predicted molar refractivity (Wildman–Crippen MR) is 71.8 cm³/mol. The lowest BCUT2D eigenvalue weighted by atomic mass is 10.0. The van der Waals surface area contributed by atoms with E-state index >= 15 is 0 Å². The van der Waals surface area contributed by atoms with Crippen molar-refractivity contribution in [1.82, 2.24) is 15.1 Å². The van der Waals surface area contributed by atoms with Crippen molar-refractivity contribution in [2.75, 3.05) is 14.2 Å². The minimum Gasteiger partial charge on any atom is -0.496 e. The van der Waals surface area contributed by atoms with Gasteiger partial charge in [0.1, 0.15) is 5.75 Å². The van der Waals surface area contributed by atoms with Crippen LogP contribution in [-0.2, 0) is 7.05 Å². The van der Waals surface area contributed by atoms with Gasteiger partial charge in [-0.25, -0.2) is 0 Å². The lowest BCUT2D eigenvalue weighted by Gasteiger charge is -2.19. The summed E-state index contributed by atoms with van der Waals surface area (Å²) >= 11 is 0. The number of nitrogens with zero attached hydrogens (tertiary/aromatic N) is 2. The minimum absolute atomic E-state index is 0.0762. The van der Waals surface area contributed by atoms with Crippen molar-refractivity contribution in [1.29, 1.82) is 0 Å². The molecule has 0 radical (unpaired) electrons. The summed E-state index contributed by atoms with van der Waals surface area (Å²) in [5.74, 6) is 0.885. The molecule has 0 aliphatic carbocycles. The van der Waals surface area contributed by atoms with Crippen molar-refractivity contribution >= 4 is 0 Å². The van der Waals surface area contributed by atoms with Gasteiger partial charge in [-0.2, -0.15) is 5.10 Å². The van der Waals surface area contributed by atoms with E-state index in [0.29, 0.717) is 0 Å². The average Bonchev–Trinajstić information content (AvgIpc) is 2.70. The molecule has 1 atom stereocenters. The Labute approximate surface area is 108 Å². The van der Waals surface area contributed by atoms with Gasteiger partial charge in [-0.05, 0) is 26.1 Å². The molecule has 4 nitrogen and oxygen atoms in total. The fourth-order valence-corrected chi connectivity index (χ4v) is 2.27. The molecule has 2 rings (SSSR count). The van der Waals surface area contributed by atoms with Crippen molar-refractivity contribution in [3.63, 3.8) is 0 Å². The third kappa shape index (κ3) is 2.24. The first-order valence-electron chi connectivity index (χ1n) is 5.98. The monoisotopic (exact) mass is 245 g/mol. The first-order chi connectivity index (χ1) is 8.67. The van der Waals surface area contributed by atoms with Gasteiger partial charge in [-0.15, -0.1) is 0 Å². The lowest BCUT2D eigenvalue weighted by Crippen LogP contribution is -2.21. The molecule has 0 aliphatic rings. The number of aryl methyl sites for hydroxylation is 2. The Kier molecular flexibility index (Phi) is 3.67. The highest BCUT2D eigenvalue weighted by Crippen LogP contribution is 2.29. The zero-order valence-corrected chi connectivity index (χ0v) is 11.3. The molecule has 1 aromatic carbocycles. The lowest BCUT2D eigenvalue weighted by molar-refractivity contribution is 0.404. The van der Waals surface area contributed by atoms with Crippen molar-refractivity contribution in [2.24, 2.45) is 7.05 Å². The normalized spacial score (nSPS) is 12.4. The van der Waals surface area contributed by atoms with Crippen LogP contribution in [0.3, 0.4) is 0 Å². The quantitative estimate of drug-likeness (QED) is 0.896. The van der Waals surface area contributed by atoms with E-state index in [1.807, 2.05) is 43.9 Å². The van der Waals surface area contributed by atoms with Crippen LogP contribution in [-0.4, -0.2) is 23.9 Å². The Balaban J connectivity index is 2.48. The summed E-state index contributed by atoms with van der Waals surface area (Å²) in [6, 6.07) is 10.2. The summed E-state index contributed by atoms with van der Waals surface area (Å²) in [6.07, 6.45) is 0. The van der Waals surface area contributed by atoms with Gasteiger partial charge in [0.15, 0.2) is 0 Å². The van der Waals surface area contributed by atoms with Crippen LogP contribution in [0, 0.1) is 6.92 Å². The number of hydrogen-bond acceptors (Lipinski definition) is 3. The van der Waals surface area contributed by atoms with Crippen molar-refractivity contribution < 1.29 is 4.74 Å². The maximum Gasteiger partial charge on any atom is 0.124 e. The topological polar surface area (TPSA) is 39.1 Å². The van der Waals surface area contributed by atoms with E-state index in [0.717, 1.165) is 22.7 Å². The van der Waals surface area contributed by atoms with Gasteiger partial charge in [0, 0.05) is 12.6 Å². The van der Waals surface area contributed by atoms with Crippen molar-refractivity contribution in [2.45, 2.75) is 13.0 Å². The maximum absolute atomic E-state index is 5.43. The largest absolute Gasteiger partial charge is 0.496 e. The molecule has 2 aromatic rings. The number of nitrogens with one attached hydrogen (secondary N) is 1. The van der Waals surface area contributed by atoms with E-state index in [1.165, 1.54) is 0 Å². The number of benzene rings is 1. The van der Waals surface area contributed by atoms with Crippen molar-refractivity contribution in [3.8, 4) is 5.75 Å². The summed E-state index contributed by atoms with van der Waals surface area (Å²) in [6.45, 7) is 2.00. The molecule has 0 saturated carbocycles. The number of ether oxygens (including phenoxy) is 1. The van der Waals surface area contributed by atoms with Crippen molar-refractivity contribution in [3.05, 3.63) is 47.3 Å². The molecule has 4 heteroatoms. The molecule has 1 N–H and O–H groups in total.